The number of benzene rings is 2. The summed E-state index contributed by atoms with van der Waals surface area (Å²) >= 11 is 0. The Morgan fingerprint density at radius 3 is 2.20 bits per heavy atom. The fourth-order valence-electron chi connectivity index (χ4n) is 2.38. The quantitative estimate of drug-likeness (QED) is 0.821. The number of rotatable bonds is 2. The van der Waals surface area contributed by atoms with Gasteiger partial charge in [-0.25, -0.2) is 0 Å². The fourth-order valence-corrected chi connectivity index (χ4v) is 2.38. The smallest absolute Gasteiger partial charge is 0.203 e. The number of hydrogen-bond donors (Lipinski definition) is 0. The SMILES string of the molecule is CC1=C(C#N)N(c2ccccc2)C(c2ccccc2)O1. The Labute approximate surface area is 118 Å². The standard InChI is InChI=1S/C17H14N2O/c1-13-16(12-18)19(15-10-6-3-7-11-15)17(20-13)14-8-4-2-5-9-14/h2-11,17H,1H3. The summed E-state index contributed by atoms with van der Waals surface area (Å²) in [7, 11) is 0. The first-order chi connectivity index (χ1) is 9.81. The summed E-state index contributed by atoms with van der Waals surface area (Å²) < 4.78 is 5.90. The Hall–Kier alpha value is -2.73. The highest BCUT2D eigenvalue weighted by atomic mass is 16.5. The molecule has 1 atom stereocenters. The maximum absolute atomic E-state index is 9.40. The van der Waals surface area contributed by atoms with Crippen LogP contribution in [-0.4, -0.2) is 0 Å². The van der Waals surface area contributed by atoms with Gasteiger partial charge in [0.15, 0.2) is 5.70 Å². The van der Waals surface area contributed by atoms with E-state index in [1.54, 1.807) is 0 Å². The van der Waals surface area contributed by atoms with Gasteiger partial charge in [0.05, 0.1) is 0 Å². The molecule has 0 aromatic heterocycles. The van der Waals surface area contributed by atoms with Gasteiger partial charge in [-0.3, -0.25) is 4.90 Å². The van der Waals surface area contributed by atoms with Gasteiger partial charge in [-0.1, -0.05) is 48.5 Å². The van der Waals surface area contributed by atoms with E-state index in [1.165, 1.54) is 0 Å². The molecule has 3 rings (SSSR count). The minimum Gasteiger partial charge on any atom is -0.468 e. The molecule has 0 aliphatic carbocycles. The molecular formula is C17H14N2O. The van der Waals surface area contributed by atoms with Crippen LogP contribution in [0.3, 0.4) is 0 Å². The molecule has 1 unspecified atom stereocenters. The fraction of sp³-hybridized carbons (Fsp3) is 0.118. The summed E-state index contributed by atoms with van der Waals surface area (Å²) in [6.07, 6.45) is -0.284. The average molecular weight is 262 g/mol. The molecule has 0 radical (unpaired) electrons. The van der Waals surface area contributed by atoms with Crippen molar-refractivity contribution in [3.8, 4) is 6.07 Å². The molecule has 3 nitrogen and oxygen atoms in total. The maximum atomic E-state index is 9.40. The maximum Gasteiger partial charge on any atom is 0.203 e. The normalized spacial score (nSPS) is 17.8. The Morgan fingerprint density at radius 1 is 1.00 bits per heavy atom. The molecule has 2 aromatic rings. The number of ether oxygens (including phenoxy) is 1. The van der Waals surface area contributed by atoms with Crippen molar-refractivity contribution in [3.05, 3.63) is 77.7 Å². The van der Waals surface area contributed by atoms with Crippen molar-refractivity contribution in [1.29, 1.82) is 5.26 Å². The van der Waals surface area contributed by atoms with Crippen LogP contribution in [0.4, 0.5) is 5.69 Å². The molecule has 0 saturated carbocycles. The van der Waals surface area contributed by atoms with Crippen molar-refractivity contribution in [2.45, 2.75) is 13.2 Å². The van der Waals surface area contributed by atoms with E-state index in [1.807, 2.05) is 72.5 Å². The molecule has 0 spiro atoms. The average Bonchev–Trinajstić information content (AvgIpc) is 2.85. The van der Waals surface area contributed by atoms with Crippen LogP contribution in [-0.2, 0) is 4.74 Å². The number of para-hydroxylation sites is 1. The van der Waals surface area contributed by atoms with Gasteiger partial charge in [-0.2, -0.15) is 5.26 Å². The van der Waals surface area contributed by atoms with Crippen LogP contribution in [0.5, 0.6) is 0 Å². The summed E-state index contributed by atoms with van der Waals surface area (Å²) in [5, 5.41) is 9.40. The van der Waals surface area contributed by atoms with Gasteiger partial charge in [0.25, 0.3) is 0 Å². The molecule has 1 heterocycles. The minimum atomic E-state index is -0.284. The Balaban J connectivity index is 2.07. The van der Waals surface area contributed by atoms with E-state index in [0.717, 1.165) is 11.3 Å². The summed E-state index contributed by atoms with van der Waals surface area (Å²) in [4.78, 5) is 1.94. The predicted molar refractivity (Wildman–Crippen MR) is 77.5 cm³/mol. The Bertz CT molecular complexity index is 671. The third-order valence-corrected chi connectivity index (χ3v) is 3.32. The zero-order valence-corrected chi connectivity index (χ0v) is 11.2. The molecule has 0 saturated heterocycles. The van der Waals surface area contributed by atoms with Gasteiger partial charge in [-0.15, -0.1) is 0 Å². The number of allylic oxidation sites excluding steroid dienone is 2. The second kappa shape index (κ2) is 5.10. The molecule has 0 fully saturated rings. The highest BCUT2D eigenvalue weighted by molar-refractivity contribution is 5.59. The van der Waals surface area contributed by atoms with Crippen LogP contribution in [0.25, 0.3) is 0 Å². The molecule has 0 N–H and O–H groups in total. The van der Waals surface area contributed by atoms with Crippen LogP contribution >= 0.6 is 0 Å². The topological polar surface area (TPSA) is 36.3 Å². The van der Waals surface area contributed by atoms with E-state index in [-0.39, 0.29) is 6.23 Å². The van der Waals surface area contributed by atoms with Gasteiger partial charge >= 0.3 is 0 Å². The first kappa shape index (κ1) is 12.3. The largest absolute Gasteiger partial charge is 0.468 e. The number of nitriles is 1. The van der Waals surface area contributed by atoms with Gasteiger partial charge < -0.3 is 4.74 Å². The summed E-state index contributed by atoms with van der Waals surface area (Å²) in [6, 6.07) is 22.0. The lowest BCUT2D eigenvalue weighted by molar-refractivity contribution is 0.148. The molecule has 1 aliphatic heterocycles. The lowest BCUT2D eigenvalue weighted by atomic mass is 10.1. The van der Waals surface area contributed by atoms with Crippen molar-refractivity contribution in [3.63, 3.8) is 0 Å². The van der Waals surface area contributed by atoms with Gasteiger partial charge in [0.1, 0.15) is 11.8 Å². The number of anilines is 1. The highest BCUT2D eigenvalue weighted by Crippen LogP contribution is 2.39. The van der Waals surface area contributed by atoms with Gasteiger partial charge in [-0.05, 0) is 19.1 Å². The molecule has 0 amide bonds. The molecule has 20 heavy (non-hydrogen) atoms. The van der Waals surface area contributed by atoms with Crippen molar-refractivity contribution in [2.75, 3.05) is 4.90 Å². The molecule has 3 heteroatoms. The zero-order chi connectivity index (χ0) is 13.9. The third kappa shape index (κ3) is 2.02. The number of nitrogens with zero attached hydrogens (tertiary/aromatic N) is 2. The summed E-state index contributed by atoms with van der Waals surface area (Å²) in [5.74, 6) is 0.658. The highest BCUT2D eigenvalue weighted by Gasteiger charge is 2.33. The van der Waals surface area contributed by atoms with Crippen molar-refractivity contribution in [2.24, 2.45) is 0 Å². The van der Waals surface area contributed by atoms with Gasteiger partial charge in [0.2, 0.25) is 6.23 Å². The van der Waals surface area contributed by atoms with Crippen molar-refractivity contribution >= 4 is 5.69 Å². The lowest BCUT2D eigenvalue weighted by Crippen LogP contribution is -2.23. The molecule has 1 aliphatic rings. The first-order valence-electron chi connectivity index (χ1n) is 6.48. The third-order valence-electron chi connectivity index (χ3n) is 3.32. The van der Waals surface area contributed by atoms with Crippen LogP contribution < -0.4 is 4.90 Å². The molecular weight excluding hydrogens is 248 g/mol. The van der Waals surface area contributed by atoms with E-state index >= 15 is 0 Å². The van der Waals surface area contributed by atoms with Crippen LogP contribution in [0.2, 0.25) is 0 Å². The Kier molecular flexibility index (Phi) is 3.14. The monoisotopic (exact) mass is 262 g/mol. The van der Waals surface area contributed by atoms with Crippen molar-refractivity contribution < 1.29 is 4.74 Å². The molecule has 0 bridgehead atoms. The van der Waals surface area contributed by atoms with Crippen molar-refractivity contribution in [1.82, 2.24) is 0 Å². The van der Waals surface area contributed by atoms with E-state index in [2.05, 4.69) is 6.07 Å². The van der Waals surface area contributed by atoms with E-state index in [4.69, 9.17) is 4.74 Å². The van der Waals surface area contributed by atoms with E-state index < -0.39 is 0 Å². The first-order valence-corrected chi connectivity index (χ1v) is 6.48. The van der Waals surface area contributed by atoms with E-state index in [0.29, 0.717) is 11.5 Å². The van der Waals surface area contributed by atoms with E-state index in [9.17, 15) is 5.26 Å². The van der Waals surface area contributed by atoms with Crippen LogP contribution in [0.1, 0.15) is 18.7 Å². The predicted octanol–water partition coefficient (Wildman–Crippen LogP) is 3.98. The zero-order valence-electron chi connectivity index (χ0n) is 11.2. The second-order valence-electron chi connectivity index (χ2n) is 4.60. The van der Waals surface area contributed by atoms with Crippen LogP contribution in [0, 0.1) is 11.3 Å². The molecule has 2 aromatic carbocycles. The van der Waals surface area contributed by atoms with Gasteiger partial charge in [0, 0.05) is 11.3 Å². The Morgan fingerprint density at radius 2 is 1.60 bits per heavy atom. The number of hydrogen-bond acceptors (Lipinski definition) is 3. The van der Waals surface area contributed by atoms with Crippen LogP contribution in [0.15, 0.2) is 72.1 Å². The second-order valence-corrected chi connectivity index (χ2v) is 4.60. The lowest BCUT2D eigenvalue weighted by Gasteiger charge is -2.25. The molecule has 98 valence electrons. The summed E-state index contributed by atoms with van der Waals surface area (Å²) in [5.41, 5.74) is 2.54. The minimum absolute atomic E-state index is 0.284. The summed E-state index contributed by atoms with van der Waals surface area (Å²) in [6.45, 7) is 1.83.